The van der Waals surface area contributed by atoms with Gasteiger partial charge in [0, 0.05) is 20.6 Å². The number of alkyl halides is 6. The van der Waals surface area contributed by atoms with Crippen molar-refractivity contribution in [2.45, 2.75) is 37.2 Å². The molecule has 1 atom stereocenters. The molecule has 2 aromatic carbocycles. The summed E-state index contributed by atoms with van der Waals surface area (Å²) in [5.41, 5.74) is -3.17. The Morgan fingerprint density at radius 1 is 1.00 bits per heavy atom. The number of halogens is 9. The van der Waals surface area contributed by atoms with Gasteiger partial charge in [0.2, 0.25) is 0 Å². The first-order valence-corrected chi connectivity index (χ1v) is 10.8. The molecule has 1 aliphatic carbocycles. The second kappa shape index (κ2) is 9.17. The van der Waals surface area contributed by atoms with Gasteiger partial charge in [0.25, 0.3) is 5.91 Å². The molecule has 1 aliphatic rings. The SMILES string of the molecule is O=C(NC1CC1)c1ccc(/C(F)=C/C(c2ccc(Br)c(Br)c2)C(F)(F)F)cc1C(F)(F)F. The zero-order valence-corrected chi connectivity index (χ0v) is 19.1. The summed E-state index contributed by atoms with van der Waals surface area (Å²) >= 11 is 6.20. The van der Waals surface area contributed by atoms with E-state index in [0.717, 1.165) is 24.3 Å². The maximum absolute atomic E-state index is 14.8. The monoisotopic (exact) mass is 587 g/mol. The summed E-state index contributed by atoms with van der Waals surface area (Å²) in [6.07, 6.45) is -8.40. The molecule has 1 unspecified atom stereocenters. The molecule has 0 spiro atoms. The van der Waals surface area contributed by atoms with Gasteiger partial charge in [0.15, 0.2) is 0 Å². The lowest BCUT2D eigenvalue weighted by Crippen LogP contribution is -2.28. The van der Waals surface area contributed by atoms with E-state index in [1.54, 1.807) is 0 Å². The molecule has 2 nitrogen and oxygen atoms in total. The van der Waals surface area contributed by atoms with Gasteiger partial charge in [-0.2, -0.15) is 26.3 Å². The Hall–Kier alpha value is -1.88. The molecule has 1 fully saturated rings. The van der Waals surface area contributed by atoms with Crippen LogP contribution in [0.5, 0.6) is 0 Å². The topological polar surface area (TPSA) is 29.1 Å². The van der Waals surface area contributed by atoms with E-state index in [2.05, 4.69) is 37.2 Å². The van der Waals surface area contributed by atoms with E-state index < -0.39 is 46.7 Å². The van der Waals surface area contributed by atoms with Gasteiger partial charge < -0.3 is 5.32 Å². The van der Waals surface area contributed by atoms with Crippen molar-refractivity contribution in [1.29, 1.82) is 0 Å². The molecule has 0 bridgehead atoms. The van der Waals surface area contributed by atoms with Crippen LogP contribution in [0.3, 0.4) is 0 Å². The van der Waals surface area contributed by atoms with Crippen molar-refractivity contribution >= 4 is 43.6 Å². The quantitative estimate of drug-likeness (QED) is 0.355. The maximum Gasteiger partial charge on any atom is 0.417 e. The predicted molar refractivity (Wildman–Crippen MR) is 112 cm³/mol. The van der Waals surface area contributed by atoms with E-state index in [1.807, 2.05) is 0 Å². The van der Waals surface area contributed by atoms with Gasteiger partial charge >= 0.3 is 12.4 Å². The standard InChI is InChI=1S/C21H14Br2F7NO/c22-16-6-2-10(8-17(16)23)14(20(25,26)27)9-18(24)11-1-5-13(15(7-11)21(28,29)30)19(32)31-12-3-4-12/h1-2,5-9,12,14H,3-4H2,(H,31,32)/b18-9-. The molecule has 1 amide bonds. The van der Waals surface area contributed by atoms with Gasteiger partial charge in [0.1, 0.15) is 11.7 Å². The van der Waals surface area contributed by atoms with Crippen molar-refractivity contribution in [3.05, 3.63) is 73.7 Å². The van der Waals surface area contributed by atoms with Crippen LogP contribution in [0, 0.1) is 0 Å². The molecule has 0 heterocycles. The highest BCUT2D eigenvalue weighted by atomic mass is 79.9. The minimum atomic E-state index is -5.01. The third kappa shape index (κ3) is 5.92. The molecular formula is C21H14Br2F7NO. The molecule has 11 heteroatoms. The Kier molecular flexibility index (Phi) is 7.09. The number of carbonyl (C=O) groups is 1. The zero-order valence-electron chi connectivity index (χ0n) is 15.9. The Balaban J connectivity index is 2.02. The molecule has 172 valence electrons. The van der Waals surface area contributed by atoms with Gasteiger partial charge in [-0.15, -0.1) is 0 Å². The van der Waals surface area contributed by atoms with Crippen LogP contribution in [0.15, 0.2) is 51.4 Å². The molecule has 1 saturated carbocycles. The van der Waals surface area contributed by atoms with Crippen molar-refractivity contribution in [2.75, 3.05) is 0 Å². The van der Waals surface area contributed by atoms with Gasteiger partial charge in [0.05, 0.1) is 11.1 Å². The van der Waals surface area contributed by atoms with E-state index in [0.29, 0.717) is 27.9 Å². The molecule has 0 aliphatic heterocycles. The second-order valence-electron chi connectivity index (χ2n) is 7.21. The fraction of sp³-hybridized carbons (Fsp3) is 0.286. The predicted octanol–water partition coefficient (Wildman–Crippen LogP) is 7.78. The van der Waals surface area contributed by atoms with E-state index in [9.17, 15) is 35.5 Å². The Morgan fingerprint density at radius 3 is 2.19 bits per heavy atom. The molecule has 32 heavy (non-hydrogen) atoms. The summed E-state index contributed by atoms with van der Waals surface area (Å²) in [5.74, 6) is -4.87. The Bertz CT molecular complexity index is 1060. The number of amides is 1. The fourth-order valence-corrected chi connectivity index (χ4v) is 3.59. The average Bonchev–Trinajstić information content (AvgIpc) is 3.50. The summed E-state index contributed by atoms with van der Waals surface area (Å²) in [5, 5.41) is 2.41. The number of benzene rings is 2. The highest BCUT2D eigenvalue weighted by Crippen LogP contribution is 2.41. The number of hydrogen-bond donors (Lipinski definition) is 1. The van der Waals surface area contributed by atoms with Crippen LogP contribution in [-0.4, -0.2) is 18.1 Å². The third-order valence-electron chi connectivity index (χ3n) is 4.73. The normalized spacial score (nSPS) is 16.1. The lowest BCUT2D eigenvalue weighted by atomic mass is 9.95. The van der Waals surface area contributed by atoms with Crippen LogP contribution in [0.2, 0.25) is 0 Å². The van der Waals surface area contributed by atoms with Crippen LogP contribution in [0.4, 0.5) is 30.7 Å². The first-order chi connectivity index (χ1) is 14.8. The maximum atomic E-state index is 14.8. The Labute approximate surface area is 195 Å². The highest BCUT2D eigenvalue weighted by molar-refractivity contribution is 9.13. The van der Waals surface area contributed by atoms with Crippen molar-refractivity contribution < 1.29 is 35.5 Å². The van der Waals surface area contributed by atoms with Crippen LogP contribution in [-0.2, 0) is 6.18 Å². The molecule has 0 aromatic heterocycles. The Morgan fingerprint density at radius 2 is 1.66 bits per heavy atom. The van der Waals surface area contributed by atoms with Crippen molar-refractivity contribution in [1.82, 2.24) is 5.32 Å². The van der Waals surface area contributed by atoms with Gasteiger partial charge in [-0.05, 0) is 80.6 Å². The summed E-state index contributed by atoms with van der Waals surface area (Å²) in [4.78, 5) is 12.1. The lowest BCUT2D eigenvalue weighted by Gasteiger charge is -2.19. The van der Waals surface area contributed by atoms with Crippen molar-refractivity contribution in [2.24, 2.45) is 0 Å². The molecule has 0 radical (unpaired) electrons. The highest BCUT2D eigenvalue weighted by Gasteiger charge is 2.41. The summed E-state index contributed by atoms with van der Waals surface area (Å²) in [6, 6.07) is 5.35. The number of allylic oxidation sites excluding steroid dienone is 1. The molecule has 3 rings (SSSR count). The smallest absolute Gasteiger partial charge is 0.349 e. The van der Waals surface area contributed by atoms with Crippen LogP contribution < -0.4 is 5.32 Å². The molecule has 0 saturated heterocycles. The zero-order chi connectivity index (χ0) is 23.8. The minimum absolute atomic E-state index is 0.210. The number of nitrogens with one attached hydrogen (secondary N) is 1. The largest absolute Gasteiger partial charge is 0.417 e. The average molecular weight is 589 g/mol. The molecule has 1 N–H and O–H groups in total. The minimum Gasteiger partial charge on any atom is -0.349 e. The van der Waals surface area contributed by atoms with Crippen molar-refractivity contribution in [3.63, 3.8) is 0 Å². The fourth-order valence-electron chi connectivity index (χ4n) is 2.94. The van der Waals surface area contributed by atoms with Gasteiger partial charge in [-0.3, -0.25) is 4.79 Å². The molecule has 2 aromatic rings. The van der Waals surface area contributed by atoms with Crippen LogP contribution >= 0.6 is 31.9 Å². The van der Waals surface area contributed by atoms with Crippen LogP contribution in [0.25, 0.3) is 5.83 Å². The van der Waals surface area contributed by atoms with E-state index in [4.69, 9.17) is 0 Å². The summed E-state index contributed by atoms with van der Waals surface area (Å²) in [7, 11) is 0. The van der Waals surface area contributed by atoms with Gasteiger partial charge in [-0.25, -0.2) is 4.39 Å². The van der Waals surface area contributed by atoms with E-state index in [-0.39, 0.29) is 17.7 Å². The summed E-state index contributed by atoms with van der Waals surface area (Å²) in [6.45, 7) is 0. The second-order valence-corrected chi connectivity index (χ2v) is 8.92. The lowest BCUT2D eigenvalue weighted by molar-refractivity contribution is -0.140. The first kappa shape index (κ1) is 24.8. The van der Waals surface area contributed by atoms with Crippen LogP contribution in [0.1, 0.15) is 45.8 Å². The first-order valence-electron chi connectivity index (χ1n) is 9.19. The van der Waals surface area contributed by atoms with E-state index in [1.165, 1.54) is 6.07 Å². The summed E-state index contributed by atoms with van der Waals surface area (Å²) < 4.78 is 96.8. The number of hydrogen-bond acceptors (Lipinski definition) is 1. The van der Waals surface area contributed by atoms with E-state index >= 15 is 0 Å². The number of carbonyl (C=O) groups excluding carboxylic acids is 1. The van der Waals surface area contributed by atoms with Gasteiger partial charge in [-0.1, -0.05) is 12.1 Å². The third-order valence-corrected chi connectivity index (χ3v) is 6.61. The molecular weight excluding hydrogens is 575 g/mol. The van der Waals surface area contributed by atoms with Crippen molar-refractivity contribution in [3.8, 4) is 0 Å². The number of rotatable bonds is 5.